The first kappa shape index (κ1) is 21.0. The van der Waals surface area contributed by atoms with Crippen molar-refractivity contribution in [1.82, 2.24) is 20.6 Å². The number of hydrogen-bond acceptors (Lipinski definition) is 7. The predicted octanol–water partition coefficient (Wildman–Crippen LogP) is 4.05. The van der Waals surface area contributed by atoms with E-state index >= 15 is 0 Å². The lowest BCUT2D eigenvalue weighted by Crippen LogP contribution is -2.27. The molecule has 0 fully saturated rings. The maximum absolute atomic E-state index is 13.6. The average molecular weight is 446 g/mol. The van der Waals surface area contributed by atoms with Crippen molar-refractivity contribution in [2.75, 3.05) is 18.4 Å². The zero-order chi connectivity index (χ0) is 21.1. The van der Waals surface area contributed by atoms with E-state index in [1.165, 1.54) is 34.0 Å². The van der Waals surface area contributed by atoms with Gasteiger partial charge in [-0.25, -0.2) is 9.37 Å². The number of carbonyl (C=O) groups excluding carboxylic acids is 1. The summed E-state index contributed by atoms with van der Waals surface area (Å²) in [6.45, 7) is 6.45. The zero-order valence-electron chi connectivity index (χ0n) is 16.9. The van der Waals surface area contributed by atoms with Crippen LogP contribution >= 0.6 is 22.7 Å². The molecule has 0 radical (unpaired) electrons. The molecule has 0 spiro atoms. The molecule has 158 valence electrons. The summed E-state index contributed by atoms with van der Waals surface area (Å²) in [6, 6.07) is 1.78. The molecule has 4 rings (SSSR count). The van der Waals surface area contributed by atoms with Crippen molar-refractivity contribution in [2.24, 2.45) is 0 Å². The minimum Gasteiger partial charge on any atom is -0.317 e. The monoisotopic (exact) mass is 445 g/mol. The fourth-order valence-electron chi connectivity index (χ4n) is 3.39. The van der Waals surface area contributed by atoms with Gasteiger partial charge in [-0.15, -0.1) is 22.7 Å². The molecule has 3 aromatic rings. The molecule has 0 aromatic carbocycles. The normalized spacial score (nSPS) is 13.5. The SMILES string of the molecule is CC(C)NCCC(=O)Nc1sc2c(c1-c1nc(-c3cncc(F)c3)cs1)CCNC2. The summed E-state index contributed by atoms with van der Waals surface area (Å²) in [7, 11) is 0. The topological polar surface area (TPSA) is 78.9 Å². The van der Waals surface area contributed by atoms with Crippen molar-refractivity contribution < 1.29 is 9.18 Å². The van der Waals surface area contributed by atoms with Crippen molar-refractivity contribution >= 4 is 33.6 Å². The summed E-state index contributed by atoms with van der Waals surface area (Å²) in [5, 5.41) is 13.4. The summed E-state index contributed by atoms with van der Waals surface area (Å²) in [6.07, 6.45) is 4.10. The second-order valence-electron chi connectivity index (χ2n) is 7.47. The fraction of sp³-hybridized carbons (Fsp3) is 0.381. The van der Waals surface area contributed by atoms with Gasteiger partial charge in [0.05, 0.1) is 11.9 Å². The van der Waals surface area contributed by atoms with Gasteiger partial charge in [-0.05, 0) is 24.6 Å². The summed E-state index contributed by atoms with van der Waals surface area (Å²) < 4.78 is 13.6. The minimum atomic E-state index is -0.385. The molecule has 0 bridgehead atoms. The molecule has 0 unspecified atom stereocenters. The van der Waals surface area contributed by atoms with Crippen molar-refractivity contribution in [1.29, 1.82) is 0 Å². The highest BCUT2D eigenvalue weighted by molar-refractivity contribution is 7.18. The number of anilines is 1. The number of amides is 1. The summed E-state index contributed by atoms with van der Waals surface area (Å²) in [5.74, 6) is -0.397. The van der Waals surface area contributed by atoms with Crippen molar-refractivity contribution in [3.8, 4) is 21.8 Å². The fourth-order valence-corrected chi connectivity index (χ4v) is 5.59. The van der Waals surface area contributed by atoms with Crippen LogP contribution in [0.2, 0.25) is 0 Å². The van der Waals surface area contributed by atoms with Crippen LogP contribution in [-0.4, -0.2) is 35.0 Å². The summed E-state index contributed by atoms with van der Waals surface area (Å²) in [4.78, 5) is 22.4. The average Bonchev–Trinajstić information content (AvgIpc) is 3.31. The maximum atomic E-state index is 13.6. The lowest BCUT2D eigenvalue weighted by Gasteiger charge is -2.13. The number of nitrogens with zero attached hydrogens (tertiary/aromatic N) is 2. The molecular weight excluding hydrogens is 421 g/mol. The zero-order valence-corrected chi connectivity index (χ0v) is 18.6. The molecule has 3 N–H and O–H groups in total. The number of pyridine rings is 1. The molecule has 0 saturated heterocycles. The van der Waals surface area contributed by atoms with Gasteiger partial charge in [0.1, 0.15) is 15.8 Å². The van der Waals surface area contributed by atoms with Gasteiger partial charge in [-0.3, -0.25) is 9.78 Å². The number of nitrogens with one attached hydrogen (secondary N) is 3. The molecule has 6 nitrogen and oxygen atoms in total. The Kier molecular flexibility index (Phi) is 6.52. The highest BCUT2D eigenvalue weighted by Crippen LogP contribution is 2.44. The Morgan fingerprint density at radius 3 is 3.03 bits per heavy atom. The number of thiophene rings is 1. The number of halogens is 1. The van der Waals surface area contributed by atoms with Gasteiger partial charge in [0.2, 0.25) is 5.91 Å². The van der Waals surface area contributed by atoms with Gasteiger partial charge in [0.15, 0.2) is 0 Å². The largest absolute Gasteiger partial charge is 0.317 e. The van der Waals surface area contributed by atoms with Gasteiger partial charge in [0.25, 0.3) is 0 Å². The van der Waals surface area contributed by atoms with E-state index in [4.69, 9.17) is 4.98 Å². The predicted molar refractivity (Wildman–Crippen MR) is 120 cm³/mol. The first-order valence-electron chi connectivity index (χ1n) is 9.96. The van der Waals surface area contributed by atoms with Crippen molar-refractivity contribution in [2.45, 2.75) is 39.3 Å². The maximum Gasteiger partial charge on any atom is 0.226 e. The third-order valence-electron chi connectivity index (χ3n) is 4.80. The van der Waals surface area contributed by atoms with E-state index in [-0.39, 0.29) is 11.7 Å². The van der Waals surface area contributed by atoms with Gasteiger partial charge in [-0.2, -0.15) is 0 Å². The Balaban J connectivity index is 1.62. The Morgan fingerprint density at radius 2 is 2.23 bits per heavy atom. The molecule has 0 aliphatic carbocycles. The van der Waals surface area contributed by atoms with Crippen LogP contribution < -0.4 is 16.0 Å². The van der Waals surface area contributed by atoms with E-state index in [0.717, 1.165) is 35.1 Å². The summed E-state index contributed by atoms with van der Waals surface area (Å²) in [5.41, 5.74) is 3.58. The van der Waals surface area contributed by atoms with E-state index in [1.807, 2.05) is 5.38 Å². The van der Waals surface area contributed by atoms with Crippen LogP contribution in [0.1, 0.15) is 30.7 Å². The van der Waals surface area contributed by atoms with E-state index < -0.39 is 0 Å². The highest BCUT2D eigenvalue weighted by Gasteiger charge is 2.25. The van der Waals surface area contributed by atoms with Crippen LogP contribution in [-0.2, 0) is 17.8 Å². The van der Waals surface area contributed by atoms with Crippen LogP contribution in [0.15, 0.2) is 23.8 Å². The van der Waals surface area contributed by atoms with Crippen LogP contribution in [0.25, 0.3) is 21.8 Å². The highest BCUT2D eigenvalue weighted by atomic mass is 32.1. The lowest BCUT2D eigenvalue weighted by atomic mass is 10.0. The number of thiazole rings is 1. The van der Waals surface area contributed by atoms with Crippen molar-refractivity contribution in [3.05, 3.63) is 40.1 Å². The number of aromatic nitrogens is 2. The van der Waals surface area contributed by atoms with Crippen molar-refractivity contribution in [3.63, 3.8) is 0 Å². The van der Waals surface area contributed by atoms with E-state index in [2.05, 4.69) is 34.8 Å². The quantitative estimate of drug-likeness (QED) is 0.511. The molecule has 1 aliphatic heterocycles. The van der Waals surface area contributed by atoms with Crippen LogP contribution in [0.3, 0.4) is 0 Å². The lowest BCUT2D eigenvalue weighted by molar-refractivity contribution is -0.116. The first-order chi connectivity index (χ1) is 14.5. The first-order valence-corrected chi connectivity index (χ1v) is 11.7. The van der Waals surface area contributed by atoms with Crippen LogP contribution in [0.5, 0.6) is 0 Å². The van der Waals surface area contributed by atoms with Gasteiger partial charge in [0, 0.05) is 53.1 Å². The Labute approximate surface area is 183 Å². The van der Waals surface area contributed by atoms with Crippen LogP contribution in [0, 0.1) is 5.82 Å². The van der Waals surface area contributed by atoms with Gasteiger partial charge >= 0.3 is 0 Å². The smallest absolute Gasteiger partial charge is 0.226 e. The molecule has 1 aliphatic rings. The molecule has 1 amide bonds. The number of fused-ring (bicyclic) bond motifs is 1. The van der Waals surface area contributed by atoms with E-state index in [1.54, 1.807) is 17.5 Å². The van der Waals surface area contributed by atoms with Gasteiger partial charge < -0.3 is 16.0 Å². The minimum absolute atomic E-state index is 0.0120. The molecule has 9 heteroatoms. The number of hydrogen-bond donors (Lipinski definition) is 3. The molecule has 0 saturated carbocycles. The summed E-state index contributed by atoms with van der Waals surface area (Å²) >= 11 is 3.12. The molecule has 30 heavy (non-hydrogen) atoms. The number of rotatable bonds is 7. The third-order valence-corrected chi connectivity index (χ3v) is 6.81. The third kappa shape index (κ3) is 4.75. The molecule has 3 aromatic heterocycles. The van der Waals surface area contributed by atoms with Crippen LogP contribution in [0.4, 0.5) is 9.39 Å². The second-order valence-corrected chi connectivity index (χ2v) is 9.43. The molecule has 0 atom stereocenters. The second kappa shape index (κ2) is 9.30. The molecule has 4 heterocycles. The van der Waals surface area contributed by atoms with E-state index in [9.17, 15) is 9.18 Å². The Morgan fingerprint density at radius 1 is 1.37 bits per heavy atom. The number of carbonyl (C=O) groups is 1. The Bertz CT molecular complexity index is 1050. The Hall–Kier alpha value is -2.20. The standard InChI is InChI=1S/C21H24FN5OS2/c1-12(2)25-6-4-18(28)27-21-19(15-3-5-23-10-17(15)30-21)20-26-16(11-29-20)13-7-14(22)9-24-8-13/h7-9,11-12,23,25H,3-6,10H2,1-2H3,(H,27,28). The van der Waals surface area contributed by atoms with E-state index in [0.29, 0.717) is 30.3 Å². The molecular formula is C21H24FN5OS2. The van der Waals surface area contributed by atoms with Gasteiger partial charge in [-0.1, -0.05) is 13.8 Å².